The first-order chi connectivity index (χ1) is 15.3. The van der Waals surface area contributed by atoms with Gasteiger partial charge in [-0.2, -0.15) is 0 Å². The van der Waals surface area contributed by atoms with Crippen LogP contribution in [0.3, 0.4) is 0 Å². The van der Waals surface area contributed by atoms with E-state index in [1.54, 1.807) is 43.3 Å². The summed E-state index contributed by atoms with van der Waals surface area (Å²) < 4.78 is 20.7. The van der Waals surface area contributed by atoms with E-state index < -0.39 is 17.8 Å². The minimum Gasteiger partial charge on any atom is -0.482 e. The van der Waals surface area contributed by atoms with Crippen LogP contribution in [0.1, 0.15) is 44.6 Å². The van der Waals surface area contributed by atoms with Gasteiger partial charge in [0, 0.05) is 22.6 Å². The third-order valence-corrected chi connectivity index (χ3v) is 6.45. The molecule has 2 aromatic rings. The van der Waals surface area contributed by atoms with Crippen molar-refractivity contribution in [3.63, 3.8) is 0 Å². The first-order valence-corrected chi connectivity index (χ1v) is 11.9. The molecule has 0 radical (unpaired) electrons. The van der Waals surface area contributed by atoms with Crippen molar-refractivity contribution in [2.45, 2.75) is 57.7 Å². The molecule has 32 heavy (non-hydrogen) atoms. The van der Waals surface area contributed by atoms with Crippen molar-refractivity contribution in [3.8, 4) is 5.75 Å². The molecular formula is C24H27BrClFN2O3. The van der Waals surface area contributed by atoms with Gasteiger partial charge in [0.15, 0.2) is 6.61 Å². The molecule has 8 heteroatoms. The largest absolute Gasteiger partial charge is 0.482 e. The first-order valence-electron chi connectivity index (χ1n) is 10.8. The maximum atomic E-state index is 14.3. The zero-order chi connectivity index (χ0) is 23.1. The first kappa shape index (κ1) is 24.5. The molecular weight excluding hydrogens is 499 g/mol. The van der Waals surface area contributed by atoms with Gasteiger partial charge in [-0.15, -0.1) is 0 Å². The molecule has 1 N–H and O–H groups in total. The fourth-order valence-electron chi connectivity index (χ4n) is 3.78. The maximum absolute atomic E-state index is 14.3. The number of carbonyl (C=O) groups is 2. The van der Waals surface area contributed by atoms with Crippen LogP contribution in [0.4, 0.5) is 4.39 Å². The molecule has 0 aliphatic heterocycles. The van der Waals surface area contributed by atoms with Crippen LogP contribution in [0.2, 0.25) is 5.02 Å². The molecule has 1 atom stereocenters. The van der Waals surface area contributed by atoms with Crippen molar-refractivity contribution in [2.75, 3.05) is 6.61 Å². The van der Waals surface area contributed by atoms with Gasteiger partial charge in [-0.1, -0.05) is 65.0 Å². The van der Waals surface area contributed by atoms with E-state index in [4.69, 9.17) is 16.3 Å². The molecule has 1 fully saturated rings. The summed E-state index contributed by atoms with van der Waals surface area (Å²) in [6.07, 6.45) is 5.21. The Morgan fingerprint density at radius 2 is 1.94 bits per heavy atom. The molecule has 0 bridgehead atoms. The molecule has 0 spiro atoms. The SMILES string of the molecule is C[C@@H](C(=O)NC1CCCCC1)N(Cc1ccccc1F)C(=O)COc1ccc(Br)cc1Cl. The van der Waals surface area contributed by atoms with Gasteiger partial charge >= 0.3 is 0 Å². The lowest BCUT2D eigenvalue weighted by Gasteiger charge is -2.31. The number of amides is 2. The van der Waals surface area contributed by atoms with E-state index in [1.807, 2.05) is 0 Å². The normalized spacial score (nSPS) is 15.1. The number of carbonyl (C=O) groups excluding carboxylic acids is 2. The van der Waals surface area contributed by atoms with Gasteiger partial charge < -0.3 is 15.0 Å². The Morgan fingerprint density at radius 3 is 2.62 bits per heavy atom. The molecule has 0 heterocycles. The van der Waals surface area contributed by atoms with E-state index >= 15 is 0 Å². The second kappa shape index (κ2) is 11.7. The van der Waals surface area contributed by atoms with Crippen LogP contribution in [-0.4, -0.2) is 35.4 Å². The summed E-state index contributed by atoms with van der Waals surface area (Å²) in [5.74, 6) is -0.753. The summed E-state index contributed by atoms with van der Waals surface area (Å²) >= 11 is 9.49. The lowest BCUT2D eigenvalue weighted by Crippen LogP contribution is -2.51. The Bertz CT molecular complexity index is 953. The van der Waals surface area contributed by atoms with Crippen LogP contribution in [-0.2, 0) is 16.1 Å². The highest BCUT2D eigenvalue weighted by Crippen LogP contribution is 2.28. The minimum absolute atomic E-state index is 0.0395. The van der Waals surface area contributed by atoms with Crippen LogP contribution in [0.5, 0.6) is 5.75 Å². The van der Waals surface area contributed by atoms with Crippen LogP contribution < -0.4 is 10.1 Å². The number of benzene rings is 2. The van der Waals surface area contributed by atoms with Gasteiger partial charge in [-0.3, -0.25) is 9.59 Å². The fourth-order valence-corrected chi connectivity index (χ4v) is 4.50. The molecule has 2 aromatic carbocycles. The minimum atomic E-state index is -0.784. The number of hydrogen-bond donors (Lipinski definition) is 1. The second-order valence-corrected chi connectivity index (χ2v) is 9.32. The van der Waals surface area contributed by atoms with Gasteiger partial charge in [-0.05, 0) is 44.0 Å². The average molecular weight is 526 g/mol. The summed E-state index contributed by atoms with van der Waals surface area (Å²) in [6.45, 7) is 1.29. The Labute approximate surface area is 201 Å². The van der Waals surface area contributed by atoms with Gasteiger partial charge in [-0.25, -0.2) is 4.39 Å². The van der Waals surface area contributed by atoms with Gasteiger partial charge in [0.2, 0.25) is 5.91 Å². The summed E-state index contributed by atoms with van der Waals surface area (Å²) in [5, 5.41) is 3.41. The number of halogens is 3. The van der Waals surface area contributed by atoms with Crippen molar-refractivity contribution >= 4 is 39.3 Å². The summed E-state index contributed by atoms with van der Waals surface area (Å²) in [5.41, 5.74) is 0.333. The molecule has 0 saturated heterocycles. The van der Waals surface area contributed by atoms with E-state index in [0.717, 1.165) is 30.2 Å². The molecule has 2 amide bonds. The zero-order valence-electron chi connectivity index (χ0n) is 18.0. The third kappa shape index (κ3) is 6.69. The molecule has 5 nitrogen and oxygen atoms in total. The van der Waals surface area contributed by atoms with Crippen LogP contribution in [0.25, 0.3) is 0 Å². The molecule has 0 unspecified atom stereocenters. The number of nitrogens with one attached hydrogen (secondary N) is 1. The van der Waals surface area contributed by atoms with Crippen molar-refractivity contribution in [1.82, 2.24) is 10.2 Å². The predicted molar refractivity (Wildman–Crippen MR) is 126 cm³/mol. The van der Waals surface area contributed by atoms with Gasteiger partial charge in [0.05, 0.1) is 5.02 Å². The monoisotopic (exact) mass is 524 g/mol. The van der Waals surface area contributed by atoms with Crippen LogP contribution in [0, 0.1) is 5.82 Å². The van der Waals surface area contributed by atoms with Crippen LogP contribution in [0.15, 0.2) is 46.9 Å². The van der Waals surface area contributed by atoms with Gasteiger partial charge in [0.25, 0.3) is 5.91 Å². The summed E-state index contributed by atoms with van der Waals surface area (Å²) in [7, 11) is 0. The highest BCUT2D eigenvalue weighted by Gasteiger charge is 2.29. The quantitative estimate of drug-likeness (QED) is 0.496. The number of rotatable bonds is 8. The van der Waals surface area contributed by atoms with E-state index in [0.29, 0.717) is 16.3 Å². The highest BCUT2D eigenvalue weighted by molar-refractivity contribution is 9.10. The molecule has 1 aliphatic carbocycles. The highest BCUT2D eigenvalue weighted by atomic mass is 79.9. The Hall–Kier alpha value is -2.12. The lowest BCUT2D eigenvalue weighted by molar-refractivity contribution is -0.142. The third-order valence-electron chi connectivity index (χ3n) is 5.66. The van der Waals surface area contributed by atoms with E-state index in [-0.39, 0.29) is 25.1 Å². The molecule has 0 aromatic heterocycles. The molecule has 172 valence electrons. The van der Waals surface area contributed by atoms with Crippen molar-refractivity contribution < 1.29 is 18.7 Å². The van der Waals surface area contributed by atoms with Crippen molar-refractivity contribution in [2.24, 2.45) is 0 Å². The second-order valence-electron chi connectivity index (χ2n) is 8.00. The molecule has 3 rings (SSSR count). The number of ether oxygens (including phenoxy) is 1. The Morgan fingerprint density at radius 1 is 1.22 bits per heavy atom. The van der Waals surface area contributed by atoms with Crippen molar-refractivity contribution in [3.05, 3.63) is 63.3 Å². The van der Waals surface area contributed by atoms with E-state index in [9.17, 15) is 14.0 Å². The van der Waals surface area contributed by atoms with Gasteiger partial charge in [0.1, 0.15) is 17.6 Å². The Kier molecular flexibility index (Phi) is 8.93. The van der Waals surface area contributed by atoms with Crippen molar-refractivity contribution in [1.29, 1.82) is 0 Å². The molecule has 1 aliphatic rings. The topological polar surface area (TPSA) is 58.6 Å². The maximum Gasteiger partial charge on any atom is 0.261 e. The number of hydrogen-bond acceptors (Lipinski definition) is 3. The molecule has 1 saturated carbocycles. The average Bonchev–Trinajstić information content (AvgIpc) is 2.78. The predicted octanol–water partition coefficient (Wildman–Crippen LogP) is 5.49. The Balaban J connectivity index is 1.73. The van der Waals surface area contributed by atoms with Crippen LogP contribution >= 0.6 is 27.5 Å². The summed E-state index contributed by atoms with van der Waals surface area (Å²) in [6, 6.07) is 10.6. The smallest absolute Gasteiger partial charge is 0.261 e. The van der Waals surface area contributed by atoms with E-state index in [2.05, 4.69) is 21.2 Å². The summed E-state index contributed by atoms with van der Waals surface area (Å²) in [4.78, 5) is 27.4. The standard InChI is InChI=1S/C24H27BrClFN2O3/c1-16(24(31)28-19-8-3-2-4-9-19)29(14-17-7-5-6-10-21(17)27)23(30)15-32-22-12-11-18(25)13-20(22)26/h5-7,10-13,16,19H,2-4,8-9,14-15H2,1H3,(H,28,31)/t16-/m0/s1. The zero-order valence-corrected chi connectivity index (χ0v) is 20.3. The number of nitrogens with zero attached hydrogens (tertiary/aromatic N) is 1. The fraction of sp³-hybridized carbons (Fsp3) is 0.417. The lowest BCUT2D eigenvalue weighted by atomic mass is 9.95. The van der Waals surface area contributed by atoms with E-state index in [1.165, 1.54) is 17.4 Å².